The fourth-order valence-corrected chi connectivity index (χ4v) is 2.96. The van der Waals surface area contributed by atoms with Crippen molar-refractivity contribution in [3.63, 3.8) is 0 Å². The first kappa shape index (κ1) is 9.19. The summed E-state index contributed by atoms with van der Waals surface area (Å²) in [5.41, 5.74) is 2.15. The highest BCUT2D eigenvalue weighted by atomic mass is 127. The summed E-state index contributed by atoms with van der Waals surface area (Å²) in [6.07, 6.45) is 0.983. The van der Waals surface area contributed by atoms with Crippen molar-refractivity contribution < 1.29 is 4.79 Å². The Kier molecular flexibility index (Phi) is 2.41. The van der Waals surface area contributed by atoms with Gasteiger partial charge in [0.05, 0.1) is 3.92 Å². The molecule has 0 saturated heterocycles. The smallest absolute Gasteiger partial charge is 0.175 e. The normalized spacial score (nSPS) is 27.1. The van der Waals surface area contributed by atoms with Crippen LogP contribution in [0.15, 0.2) is 24.3 Å². The molecular weight excluding hydrogens is 275 g/mol. The molecule has 0 fully saturated rings. The third kappa shape index (κ3) is 1.52. The molecule has 2 atom stereocenters. The highest BCUT2D eigenvalue weighted by Crippen LogP contribution is 2.34. The van der Waals surface area contributed by atoms with Crippen molar-refractivity contribution in [2.75, 3.05) is 0 Å². The van der Waals surface area contributed by atoms with E-state index in [9.17, 15) is 4.79 Å². The topological polar surface area (TPSA) is 17.1 Å². The van der Waals surface area contributed by atoms with Crippen LogP contribution in [0.2, 0.25) is 0 Å². The van der Waals surface area contributed by atoms with Gasteiger partial charge in [-0.25, -0.2) is 0 Å². The molecule has 1 nitrogen and oxygen atoms in total. The van der Waals surface area contributed by atoms with Crippen molar-refractivity contribution in [3.8, 4) is 0 Å². The molecule has 2 unspecified atom stereocenters. The molecule has 0 bridgehead atoms. The van der Waals surface area contributed by atoms with Gasteiger partial charge in [0, 0.05) is 5.56 Å². The second kappa shape index (κ2) is 3.40. The zero-order valence-electron chi connectivity index (χ0n) is 7.46. The van der Waals surface area contributed by atoms with E-state index >= 15 is 0 Å². The number of hydrogen-bond acceptors (Lipinski definition) is 1. The Labute approximate surface area is 91.7 Å². The second-order valence-corrected chi connectivity index (χ2v) is 5.06. The molecule has 68 valence electrons. The average Bonchev–Trinajstić information content (AvgIpc) is 2.15. The first-order valence-electron chi connectivity index (χ1n) is 4.47. The first-order valence-corrected chi connectivity index (χ1v) is 5.72. The Hall–Kier alpha value is -0.380. The number of fused-ring (bicyclic) bond motifs is 1. The van der Waals surface area contributed by atoms with Gasteiger partial charge in [-0.1, -0.05) is 53.8 Å². The zero-order valence-corrected chi connectivity index (χ0v) is 9.61. The van der Waals surface area contributed by atoms with Crippen LogP contribution in [-0.4, -0.2) is 9.71 Å². The monoisotopic (exact) mass is 286 g/mol. The molecule has 1 aliphatic carbocycles. The molecule has 2 heteroatoms. The predicted molar refractivity (Wildman–Crippen MR) is 61.6 cm³/mol. The molecule has 0 radical (unpaired) electrons. The number of benzene rings is 1. The van der Waals surface area contributed by atoms with Crippen LogP contribution < -0.4 is 0 Å². The van der Waals surface area contributed by atoms with E-state index in [2.05, 4.69) is 35.6 Å². The van der Waals surface area contributed by atoms with Gasteiger partial charge in [-0.3, -0.25) is 4.79 Å². The van der Waals surface area contributed by atoms with Crippen LogP contribution in [0.5, 0.6) is 0 Å². The summed E-state index contributed by atoms with van der Waals surface area (Å²) >= 11 is 2.25. The lowest BCUT2D eigenvalue weighted by molar-refractivity contribution is 0.0980. The Balaban J connectivity index is 2.54. The summed E-state index contributed by atoms with van der Waals surface area (Å²) in [7, 11) is 0. The average molecular weight is 286 g/mol. The van der Waals surface area contributed by atoms with Gasteiger partial charge < -0.3 is 0 Å². The van der Waals surface area contributed by atoms with Gasteiger partial charge in [0.1, 0.15) is 0 Å². The maximum absolute atomic E-state index is 11.8. The minimum Gasteiger partial charge on any atom is -0.293 e. The number of alkyl halides is 1. The van der Waals surface area contributed by atoms with Crippen molar-refractivity contribution in [1.29, 1.82) is 0 Å². The summed E-state index contributed by atoms with van der Waals surface area (Å²) in [6.45, 7) is 2.19. The van der Waals surface area contributed by atoms with Crippen LogP contribution in [0.3, 0.4) is 0 Å². The van der Waals surface area contributed by atoms with Gasteiger partial charge in [-0.05, 0) is 17.9 Å². The van der Waals surface area contributed by atoms with Crippen LogP contribution in [-0.2, 0) is 0 Å². The predicted octanol–water partition coefficient (Wildman–Crippen LogP) is 3.18. The lowest BCUT2D eigenvalue weighted by atomic mass is 9.83. The number of ketones is 1. The summed E-state index contributed by atoms with van der Waals surface area (Å²) in [4.78, 5) is 11.8. The van der Waals surface area contributed by atoms with E-state index in [1.54, 1.807) is 0 Å². The summed E-state index contributed by atoms with van der Waals surface area (Å²) in [5.74, 6) is 0.824. The van der Waals surface area contributed by atoms with Gasteiger partial charge >= 0.3 is 0 Å². The van der Waals surface area contributed by atoms with Crippen LogP contribution >= 0.6 is 22.6 Å². The Morgan fingerprint density at radius 3 is 2.85 bits per heavy atom. The number of rotatable bonds is 0. The van der Waals surface area contributed by atoms with E-state index in [1.807, 2.05) is 18.2 Å². The van der Waals surface area contributed by atoms with Gasteiger partial charge in [-0.2, -0.15) is 0 Å². The summed E-state index contributed by atoms with van der Waals surface area (Å²) in [6, 6.07) is 7.97. The molecular formula is C11H11IO. The standard InChI is InChI=1S/C11H11IO/c1-7-6-10(12)11(13)9-5-3-2-4-8(7)9/h2-5,7,10H,6H2,1H3. The molecule has 0 spiro atoms. The Morgan fingerprint density at radius 2 is 2.08 bits per heavy atom. The third-order valence-electron chi connectivity index (χ3n) is 2.60. The van der Waals surface area contributed by atoms with E-state index in [-0.39, 0.29) is 3.92 Å². The molecule has 1 aromatic carbocycles. The third-order valence-corrected chi connectivity index (χ3v) is 3.68. The van der Waals surface area contributed by atoms with Crippen molar-refractivity contribution in [3.05, 3.63) is 35.4 Å². The van der Waals surface area contributed by atoms with E-state index in [0.717, 1.165) is 12.0 Å². The number of halogens is 1. The molecule has 1 aromatic rings. The number of carbonyl (C=O) groups is 1. The van der Waals surface area contributed by atoms with Crippen molar-refractivity contribution in [1.82, 2.24) is 0 Å². The van der Waals surface area contributed by atoms with Crippen molar-refractivity contribution in [2.45, 2.75) is 23.2 Å². The fourth-order valence-electron chi connectivity index (χ4n) is 1.86. The number of carbonyl (C=O) groups excluding carboxylic acids is 1. The Morgan fingerprint density at radius 1 is 1.38 bits per heavy atom. The fraction of sp³-hybridized carbons (Fsp3) is 0.364. The molecule has 1 aliphatic rings. The van der Waals surface area contributed by atoms with E-state index in [1.165, 1.54) is 5.56 Å². The first-order chi connectivity index (χ1) is 6.20. The van der Waals surface area contributed by atoms with Crippen LogP contribution in [0.4, 0.5) is 0 Å². The van der Waals surface area contributed by atoms with E-state index in [4.69, 9.17) is 0 Å². The zero-order chi connectivity index (χ0) is 9.42. The molecule has 0 saturated carbocycles. The summed E-state index contributed by atoms with van der Waals surface area (Å²) in [5, 5.41) is 0. The second-order valence-electron chi connectivity index (χ2n) is 3.56. The summed E-state index contributed by atoms with van der Waals surface area (Å²) < 4.78 is 0.169. The van der Waals surface area contributed by atoms with Crippen LogP contribution in [0.1, 0.15) is 35.2 Å². The molecule has 0 heterocycles. The maximum atomic E-state index is 11.8. The molecule has 2 rings (SSSR count). The van der Waals surface area contributed by atoms with Crippen molar-refractivity contribution in [2.24, 2.45) is 0 Å². The molecule has 0 aromatic heterocycles. The van der Waals surface area contributed by atoms with Gasteiger partial charge in [0.25, 0.3) is 0 Å². The SMILES string of the molecule is CC1CC(I)C(=O)c2ccccc21. The van der Waals surface area contributed by atoms with Crippen molar-refractivity contribution >= 4 is 28.4 Å². The minimum absolute atomic E-state index is 0.169. The molecule has 0 N–H and O–H groups in total. The van der Waals surface area contributed by atoms with E-state index in [0.29, 0.717) is 11.7 Å². The number of Topliss-reactive ketones (excluding diaryl/α,β-unsaturated/α-hetero) is 1. The quantitative estimate of drug-likeness (QED) is 0.529. The molecule has 13 heavy (non-hydrogen) atoms. The van der Waals surface area contributed by atoms with Gasteiger partial charge in [0.15, 0.2) is 5.78 Å². The van der Waals surface area contributed by atoms with Gasteiger partial charge in [-0.15, -0.1) is 0 Å². The maximum Gasteiger partial charge on any atom is 0.175 e. The highest BCUT2D eigenvalue weighted by molar-refractivity contribution is 14.1. The Bertz CT molecular complexity index is 346. The minimum atomic E-state index is 0.169. The molecule has 0 aliphatic heterocycles. The lowest BCUT2D eigenvalue weighted by Gasteiger charge is -2.24. The lowest BCUT2D eigenvalue weighted by Crippen LogP contribution is -2.24. The highest BCUT2D eigenvalue weighted by Gasteiger charge is 2.28. The van der Waals surface area contributed by atoms with Crippen LogP contribution in [0, 0.1) is 0 Å². The van der Waals surface area contributed by atoms with E-state index < -0.39 is 0 Å². The molecule has 0 amide bonds. The van der Waals surface area contributed by atoms with Crippen LogP contribution in [0.25, 0.3) is 0 Å². The van der Waals surface area contributed by atoms with Gasteiger partial charge in [0.2, 0.25) is 0 Å². The largest absolute Gasteiger partial charge is 0.293 e. The number of hydrogen-bond donors (Lipinski definition) is 0.